The quantitative estimate of drug-likeness (QED) is 0.132. The number of benzene rings is 4. The van der Waals surface area contributed by atoms with Crippen LogP contribution in [0.3, 0.4) is 0 Å². The first-order valence-electron chi connectivity index (χ1n) is 18.5. The Balaban J connectivity index is 1.32. The Bertz CT molecular complexity index is 2700. The molecule has 46 heavy (non-hydrogen) atoms. The number of aryl methyl sites for hydroxylation is 3. The normalized spacial score (nSPS) is 20.7. The van der Waals surface area contributed by atoms with E-state index in [0.29, 0.717) is 43.0 Å². The minimum absolute atomic E-state index is 0.296. The Labute approximate surface area is 287 Å². The number of pyridine rings is 1. The number of nitrogens with zero attached hydrogens (tertiary/aromatic N) is 4. The van der Waals surface area contributed by atoms with E-state index in [-0.39, 0.29) is 10.8 Å². The molecule has 4 heterocycles. The van der Waals surface area contributed by atoms with Gasteiger partial charge in [-0.1, -0.05) is 57.2 Å². The number of hydrogen-bond donors (Lipinski definition) is 0. The van der Waals surface area contributed by atoms with Crippen LogP contribution in [0.25, 0.3) is 44.3 Å². The summed E-state index contributed by atoms with van der Waals surface area (Å²) in [5, 5.41) is 2.11. The second-order valence-electron chi connectivity index (χ2n) is 13.2. The molecule has 2 aliphatic rings. The van der Waals surface area contributed by atoms with Crippen LogP contribution in [-0.2, 0) is 43.6 Å². The van der Waals surface area contributed by atoms with Gasteiger partial charge in [-0.15, -0.1) is 0 Å². The number of hydrogen-bond acceptors (Lipinski definition) is 2. The standard InChI is InChI=1S/C40H34N4O.Pt/c1-25-15-18-33-36-34(25)31-17-16-29(45-28-13-8-12-27(22-28)43-21-20-42(5)24-43)23-32(31)38-41-35-30-14-7-6-10-26(30)11-9-19-40(4,39(33,2)3)37(35)44(36)38;/h6-8,10,12-18,20-21H,9,11,19H2,1-5H3;/q-2;/i1D3,5D3;. The fraction of sp³-hybridized carbons (Fsp3) is 0.250. The van der Waals surface area contributed by atoms with Gasteiger partial charge in [0.05, 0.1) is 0 Å². The van der Waals surface area contributed by atoms with E-state index in [1.54, 1.807) is 22.9 Å². The van der Waals surface area contributed by atoms with Crippen LogP contribution in [0.1, 0.15) is 64.2 Å². The van der Waals surface area contributed by atoms with E-state index in [4.69, 9.17) is 17.9 Å². The van der Waals surface area contributed by atoms with Crippen LogP contribution in [0, 0.1) is 22.8 Å². The number of aromatic nitrogens is 4. The van der Waals surface area contributed by atoms with Crippen molar-refractivity contribution in [2.75, 3.05) is 0 Å². The van der Waals surface area contributed by atoms with Crippen molar-refractivity contribution >= 4 is 27.3 Å². The van der Waals surface area contributed by atoms with E-state index in [9.17, 15) is 0 Å². The van der Waals surface area contributed by atoms with Crippen molar-refractivity contribution in [2.24, 2.45) is 6.98 Å². The van der Waals surface area contributed by atoms with Gasteiger partial charge in [0, 0.05) is 20.5 Å². The maximum absolute atomic E-state index is 8.64. The van der Waals surface area contributed by atoms with Crippen LogP contribution in [0.15, 0.2) is 79.1 Å². The maximum atomic E-state index is 8.64. The largest absolute Gasteiger partial charge is 0.0619 e. The zero-order valence-corrected chi connectivity index (χ0v) is 27.9. The van der Waals surface area contributed by atoms with Crippen LogP contribution in [0.5, 0.6) is 11.5 Å². The number of fused-ring (bicyclic) bond motifs is 5. The molecule has 3 aromatic heterocycles. The molecule has 5 nitrogen and oxygen atoms in total. The van der Waals surface area contributed by atoms with Gasteiger partial charge < -0.3 is 0 Å². The number of ether oxygens (including phenoxy) is 1. The summed E-state index contributed by atoms with van der Waals surface area (Å²) in [6, 6.07) is 28.3. The molecule has 0 spiro atoms. The molecule has 0 N–H and O–H groups in total. The molecule has 7 aromatic rings. The molecule has 9 rings (SSSR count). The molecule has 0 fully saturated rings. The van der Waals surface area contributed by atoms with Gasteiger partial charge in [0.15, 0.2) is 0 Å². The van der Waals surface area contributed by atoms with E-state index < -0.39 is 13.8 Å². The molecule has 0 amide bonds. The van der Waals surface area contributed by atoms with Gasteiger partial charge >= 0.3 is 174 Å². The summed E-state index contributed by atoms with van der Waals surface area (Å²) in [6.45, 7) is 2.27. The zero-order chi connectivity index (χ0) is 36.5. The second-order valence-corrected chi connectivity index (χ2v) is 14.2. The van der Waals surface area contributed by atoms with Crippen molar-refractivity contribution < 1.29 is 32.3 Å². The molecule has 1 unspecified atom stereocenters. The van der Waals surface area contributed by atoms with Gasteiger partial charge in [0.2, 0.25) is 0 Å². The molecular weight excluding hydrogens is 748 g/mol. The monoisotopic (exact) mass is 787 g/mol. The van der Waals surface area contributed by atoms with Crippen LogP contribution in [0.2, 0.25) is 0 Å². The summed E-state index contributed by atoms with van der Waals surface area (Å²) in [5.41, 5.74) is 7.41. The van der Waals surface area contributed by atoms with E-state index in [1.165, 1.54) is 16.3 Å². The molecule has 0 radical (unpaired) electrons. The number of rotatable bonds is 3. The van der Waals surface area contributed by atoms with Crippen molar-refractivity contribution in [1.82, 2.24) is 18.5 Å². The summed E-state index contributed by atoms with van der Waals surface area (Å²) >= 11 is 1.99. The molecule has 0 saturated heterocycles. The summed E-state index contributed by atoms with van der Waals surface area (Å²) in [7, 11) is 0. The third-order valence-electron chi connectivity index (χ3n) is 10.6. The molecule has 1 atom stereocenters. The van der Waals surface area contributed by atoms with Gasteiger partial charge in [-0.25, -0.2) is 0 Å². The third-order valence-corrected chi connectivity index (χ3v) is 11.7. The predicted octanol–water partition coefficient (Wildman–Crippen LogP) is 9.10. The molecule has 1 aliphatic heterocycles. The Morgan fingerprint density at radius 2 is 1.83 bits per heavy atom. The van der Waals surface area contributed by atoms with Crippen LogP contribution >= 0.6 is 0 Å². The predicted molar refractivity (Wildman–Crippen MR) is 179 cm³/mol. The maximum Gasteiger partial charge on any atom is 0.0188 e. The zero-order valence-electron chi connectivity index (χ0n) is 31.6. The van der Waals surface area contributed by atoms with Crippen molar-refractivity contribution in [3.05, 3.63) is 117 Å². The molecule has 232 valence electrons. The molecule has 0 bridgehead atoms. The van der Waals surface area contributed by atoms with E-state index >= 15 is 0 Å². The van der Waals surface area contributed by atoms with Crippen molar-refractivity contribution in [1.29, 1.82) is 0 Å². The third kappa shape index (κ3) is 3.67. The summed E-state index contributed by atoms with van der Waals surface area (Å²) in [4.78, 5) is 5.47. The number of imidazole rings is 2. The molecule has 4 aromatic carbocycles. The van der Waals surface area contributed by atoms with Crippen molar-refractivity contribution in [3.63, 3.8) is 0 Å². The van der Waals surface area contributed by atoms with Crippen LogP contribution in [0.4, 0.5) is 0 Å². The van der Waals surface area contributed by atoms with E-state index in [2.05, 4.69) is 61.6 Å². The minimum Gasteiger partial charge on any atom is -0.0619 e. The van der Waals surface area contributed by atoms with E-state index in [1.807, 2.05) is 49.7 Å². The van der Waals surface area contributed by atoms with Gasteiger partial charge in [-0.2, -0.15) is 0 Å². The first kappa shape index (κ1) is 22.3. The SMILES string of the molecule is [2H]C([2H])([2H])c1ccc2c3c1c1ccc(Oc4[c-]c(-n5ccn(C([2H])([2H])[2H])[c]5=[Pt])ccc4)[c-]c1c1nc4c(n13)C(C)(CCCc1ccccc1-4)C2(C)C. The first-order chi connectivity index (χ1) is 24.6. The average Bonchev–Trinajstić information content (AvgIpc) is 3.68. The topological polar surface area (TPSA) is 36.4 Å². The summed E-state index contributed by atoms with van der Waals surface area (Å²) in [6.07, 6.45) is 6.12. The molecular formula is C40H34N4OPt-2. The summed E-state index contributed by atoms with van der Waals surface area (Å²) < 4.78 is 61.6. The minimum atomic E-state index is -2.36. The van der Waals surface area contributed by atoms with Crippen molar-refractivity contribution in [2.45, 2.75) is 57.7 Å². The second kappa shape index (κ2) is 9.65. The average molecular weight is 788 g/mol. The Morgan fingerprint density at radius 3 is 2.67 bits per heavy atom. The van der Waals surface area contributed by atoms with E-state index in [0.717, 1.165) is 52.7 Å². The van der Waals surface area contributed by atoms with Crippen LogP contribution < -0.4 is 4.74 Å². The first-order valence-corrected chi connectivity index (χ1v) is 16.7. The molecule has 1 aliphatic carbocycles. The van der Waals surface area contributed by atoms with Gasteiger partial charge in [0.1, 0.15) is 0 Å². The van der Waals surface area contributed by atoms with Crippen molar-refractivity contribution in [3.8, 4) is 28.4 Å². The smallest absolute Gasteiger partial charge is 0.0188 e. The fourth-order valence-corrected chi connectivity index (χ4v) is 8.55. The molecule has 6 heteroatoms. The Morgan fingerprint density at radius 1 is 0.957 bits per heavy atom. The van der Waals surface area contributed by atoms with Gasteiger partial charge in [-0.3, -0.25) is 0 Å². The summed E-state index contributed by atoms with van der Waals surface area (Å²) in [5.74, 6) is 0.838. The molecule has 0 saturated carbocycles. The van der Waals surface area contributed by atoms with Gasteiger partial charge in [0.25, 0.3) is 0 Å². The van der Waals surface area contributed by atoms with Gasteiger partial charge in [-0.05, 0) is 37.2 Å². The Hall–Kier alpha value is -4.21. The van der Waals surface area contributed by atoms with Crippen LogP contribution in [-0.4, -0.2) is 18.5 Å². The Kier molecular flexibility index (Phi) is 4.69. The fourth-order valence-electron chi connectivity index (χ4n) is 7.94.